The number of ether oxygens (including phenoxy) is 1. The maximum absolute atomic E-state index is 11.0. The van der Waals surface area contributed by atoms with E-state index in [9.17, 15) is 9.59 Å². The summed E-state index contributed by atoms with van der Waals surface area (Å²) in [5.41, 5.74) is 5.15. The molecule has 136 valence electrons. The Morgan fingerprint density at radius 3 is 2.64 bits per heavy atom. The average Bonchev–Trinajstić information content (AvgIpc) is 3.00. The van der Waals surface area contributed by atoms with Crippen LogP contribution in [0, 0.1) is 0 Å². The molecule has 2 aromatic rings. The van der Waals surface area contributed by atoms with Gasteiger partial charge in [0, 0.05) is 18.7 Å². The van der Waals surface area contributed by atoms with E-state index in [2.05, 4.69) is 22.4 Å². The molecule has 0 fully saturated rings. The minimum absolute atomic E-state index is 0. The summed E-state index contributed by atoms with van der Waals surface area (Å²) < 4.78 is 4.88. The molecule has 0 saturated carbocycles. The van der Waals surface area contributed by atoms with E-state index in [0.29, 0.717) is 11.6 Å². The Morgan fingerprint density at radius 1 is 1.24 bits per heavy atom. The molecule has 0 aliphatic carbocycles. The van der Waals surface area contributed by atoms with E-state index in [1.54, 1.807) is 0 Å². The number of aryl methyl sites for hydroxylation is 2. The molecule has 0 saturated heterocycles. The summed E-state index contributed by atoms with van der Waals surface area (Å²) in [6.45, 7) is 1.74. The first-order chi connectivity index (χ1) is 11.6. The first-order valence-electron chi connectivity index (χ1n) is 7.50. The molecule has 1 heterocycles. The van der Waals surface area contributed by atoms with Gasteiger partial charge < -0.3 is 10.1 Å². The molecule has 4 N–H and O–H groups in total. The smallest absolute Gasteiger partial charge is 0.421 e. The van der Waals surface area contributed by atoms with Crippen molar-refractivity contribution in [2.45, 2.75) is 26.2 Å². The Bertz CT molecular complexity index is 708. The summed E-state index contributed by atoms with van der Waals surface area (Å²) in [5.74, 6) is 4.83. The molecular weight excluding hydrogens is 364 g/mol. The van der Waals surface area contributed by atoms with Gasteiger partial charge in [-0.2, -0.15) is 0 Å². The van der Waals surface area contributed by atoms with Crippen LogP contribution in [0.25, 0.3) is 0 Å². The van der Waals surface area contributed by atoms with E-state index in [0.717, 1.165) is 24.1 Å². The van der Waals surface area contributed by atoms with Crippen LogP contribution in [-0.2, 0) is 28.8 Å². The number of thiazole rings is 1. The van der Waals surface area contributed by atoms with Gasteiger partial charge in [-0.05, 0) is 24.0 Å². The highest BCUT2D eigenvalue weighted by Gasteiger charge is 2.05. The maximum atomic E-state index is 11.0. The van der Waals surface area contributed by atoms with E-state index in [1.165, 1.54) is 23.8 Å². The fourth-order valence-corrected chi connectivity index (χ4v) is 2.94. The van der Waals surface area contributed by atoms with Gasteiger partial charge in [-0.15, -0.1) is 23.7 Å². The monoisotopic (exact) mass is 384 g/mol. The lowest BCUT2D eigenvalue weighted by atomic mass is 10.0. The molecule has 0 unspecified atom stereocenters. The van der Waals surface area contributed by atoms with Gasteiger partial charge in [0.05, 0.1) is 12.3 Å². The average molecular weight is 385 g/mol. The van der Waals surface area contributed by atoms with Gasteiger partial charge >= 0.3 is 6.09 Å². The van der Waals surface area contributed by atoms with E-state index in [1.807, 2.05) is 22.9 Å². The SMILES string of the molecule is CC(=O)Nc1nc(CCc2cccc(CCOC(=O)NN)c2)cs1.Cl. The van der Waals surface area contributed by atoms with Crippen molar-refractivity contribution >= 4 is 40.9 Å². The highest BCUT2D eigenvalue weighted by atomic mass is 35.5. The van der Waals surface area contributed by atoms with Crippen LogP contribution in [-0.4, -0.2) is 23.6 Å². The summed E-state index contributed by atoms with van der Waals surface area (Å²) in [6, 6.07) is 8.12. The van der Waals surface area contributed by atoms with Crippen molar-refractivity contribution in [3.8, 4) is 0 Å². The molecule has 25 heavy (non-hydrogen) atoms. The van der Waals surface area contributed by atoms with Crippen LogP contribution in [0.5, 0.6) is 0 Å². The Kier molecular flexibility index (Phi) is 8.90. The van der Waals surface area contributed by atoms with Crippen LogP contribution < -0.4 is 16.6 Å². The predicted molar refractivity (Wildman–Crippen MR) is 99.9 cm³/mol. The second kappa shape index (κ2) is 10.7. The Morgan fingerprint density at radius 2 is 1.96 bits per heavy atom. The van der Waals surface area contributed by atoms with Crippen molar-refractivity contribution in [1.82, 2.24) is 10.4 Å². The van der Waals surface area contributed by atoms with Gasteiger partial charge in [0.25, 0.3) is 0 Å². The second-order valence-corrected chi connectivity index (χ2v) is 6.03. The maximum Gasteiger partial charge on any atom is 0.421 e. The lowest BCUT2D eigenvalue weighted by molar-refractivity contribution is -0.114. The lowest BCUT2D eigenvalue weighted by Gasteiger charge is -2.06. The van der Waals surface area contributed by atoms with E-state index < -0.39 is 6.09 Å². The van der Waals surface area contributed by atoms with Crippen LogP contribution in [0.4, 0.5) is 9.93 Å². The zero-order chi connectivity index (χ0) is 17.4. The van der Waals surface area contributed by atoms with Crippen LogP contribution in [0.3, 0.4) is 0 Å². The number of anilines is 1. The van der Waals surface area contributed by atoms with E-state index >= 15 is 0 Å². The Hall–Kier alpha value is -2.16. The summed E-state index contributed by atoms with van der Waals surface area (Å²) in [5, 5.41) is 5.26. The van der Waals surface area contributed by atoms with Crippen molar-refractivity contribution in [2.24, 2.45) is 5.84 Å². The summed E-state index contributed by atoms with van der Waals surface area (Å²) >= 11 is 1.42. The summed E-state index contributed by atoms with van der Waals surface area (Å²) in [4.78, 5) is 26.3. The van der Waals surface area contributed by atoms with Crippen LogP contribution in [0.1, 0.15) is 23.7 Å². The lowest BCUT2D eigenvalue weighted by Crippen LogP contribution is -2.31. The number of rotatable bonds is 7. The van der Waals surface area contributed by atoms with Crippen molar-refractivity contribution in [3.63, 3.8) is 0 Å². The van der Waals surface area contributed by atoms with Crippen molar-refractivity contribution in [2.75, 3.05) is 11.9 Å². The van der Waals surface area contributed by atoms with E-state index in [-0.39, 0.29) is 24.9 Å². The molecule has 0 atom stereocenters. The number of nitrogens with one attached hydrogen (secondary N) is 2. The molecule has 7 nitrogen and oxygen atoms in total. The third-order valence-electron chi connectivity index (χ3n) is 3.24. The second-order valence-electron chi connectivity index (χ2n) is 5.18. The zero-order valence-electron chi connectivity index (χ0n) is 13.8. The van der Waals surface area contributed by atoms with Gasteiger partial charge in [0.15, 0.2) is 5.13 Å². The molecule has 0 spiro atoms. The highest BCUT2D eigenvalue weighted by Crippen LogP contribution is 2.17. The van der Waals surface area contributed by atoms with Crippen LogP contribution in [0.2, 0.25) is 0 Å². The number of hydrazine groups is 1. The van der Waals surface area contributed by atoms with Gasteiger partial charge in [0.1, 0.15) is 0 Å². The topological polar surface area (TPSA) is 106 Å². The molecule has 2 amide bonds. The first-order valence-corrected chi connectivity index (χ1v) is 8.38. The molecule has 0 aliphatic heterocycles. The van der Waals surface area contributed by atoms with Crippen molar-refractivity contribution in [3.05, 3.63) is 46.5 Å². The highest BCUT2D eigenvalue weighted by molar-refractivity contribution is 7.13. The van der Waals surface area contributed by atoms with Gasteiger partial charge in [0.2, 0.25) is 5.91 Å². The van der Waals surface area contributed by atoms with Gasteiger partial charge in [-0.3, -0.25) is 10.2 Å². The van der Waals surface area contributed by atoms with Crippen LogP contribution >= 0.6 is 23.7 Å². The molecule has 0 bridgehead atoms. The third-order valence-corrected chi connectivity index (χ3v) is 4.04. The number of carbonyl (C=O) groups is 2. The van der Waals surface area contributed by atoms with Crippen LogP contribution in [0.15, 0.2) is 29.6 Å². The molecule has 9 heteroatoms. The third kappa shape index (κ3) is 7.51. The van der Waals surface area contributed by atoms with Crippen molar-refractivity contribution in [1.29, 1.82) is 0 Å². The first kappa shape index (κ1) is 20.9. The summed E-state index contributed by atoms with van der Waals surface area (Å²) in [7, 11) is 0. The molecular formula is C16H21ClN4O3S. The number of nitrogens with zero attached hydrogens (tertiary/aromatic N) is 1. The zero-order valence-corrected chi connectivity index (χ0v) is 15.4. The number of hydrogen-bond acceptors (Lipinski definition) is 6. The number of hydrogen-bond donors (Lipinski definition) is 3. The standard InChI is InChI=1S/C16H20N4O3S.ClH/c1-11(21)18-15-19-14(10-24-15)6-5-12-3-2-4-13(9-12)7-8-23-16(22)20-17;/h2-4,9-10H,5-8,17H2,1H3,(H,20,22)(H,18,19,21);1H. The molecule has 1 aromatic carbocycles. The molecule has 0 aliphatic rings. The molecule has 1 aromatic heterocycles. The van der Waals surface area contributed by atoms with Gasteiger partial charge in [-0.1, -0.05) is 24.3 Å². The number of nitrogens with two attached hydrogens (primary N) is 1. The molecule has 0 radical (unpaired) electrons. The van der Waals surface area contributed by atoms with Gasteiger partial charge in [-0.25, -0.2) is 15.6 Å². The number of benzene rings is 1. The quantitative estimate of drug-likeness (QED) is 0.386. The normalized spacial score (nSPS) is 9.84. The Balaban J connectivity index is 0.00000312. The number of halogens is 1. The fourth-order valence-electron chi connectivity index (χ4n) is 2.15. The number of aromatic nitrogens is 1. The predicted octanol–water partition coefficient (Wildman–Crippen LogP) is 2.45. The number of amides is 2. The Labute approximate surface area is 156 Å². The fraction of sp³-hybridized carbons (Fsp3) is 0.312. The summed E-state index contributed by atoms with van der Waals surface area (Å²) in [6.07, 6.45) is 1.64. The largest absolute Gasteiger partial charge is 0.448 e. The minimum Gasteiger partial charge on any atom is -0.448 e. The minimum atomic E-state index is -0.635. The van der Waals surface area contributed by atoms with E-state index in [4.69, 9.17) is 10.6 Å². The molecule has 2 rings (SSSR count). The number of carbonyl (C=O) groups excluding carboxylic acids is 2. The van der Waals surface area contributed by atoms with Crippen molar-refractivity contribution < 1.29 is 14.3 Å².